The van der Waals surface area contributed by atoms with Crippen LogP contribution in [0.15, 0.2) is 10.8 Å². The second kappa shape index (κ2) is 7.96. The smallest absolute Gasteiger partial charge is 0.232 e. The normalized spacial score (nSPS) is 13.6. The van der Waals surface area contributed by atoms with Crippen LogP contribution in [0.3, 0.4) is 0 Å². The minimum atomic E-state index is 0.473. The summed E-state index contributed by atoms with van der Waals surface area (Å²) in [5.41, 5.74) is 2.05. The fourth-order valence-electron chi connectivity index (χ4n) is 2.76. The first-order valence-electron chi connectivity index (χ1n) is 9.23. The summed E-state index contributed by atoms with van der Waals surface area (Å²) in [5, 5.41) is 9.68. The molecule has 1 aliphatic rings. The second-order valence-electron chi connectivity index (χ2n) is 7.11. The summed E-state index contributed by atoms with van der Waals surface area (Å²) in [5.74, 6) is 1.91. The van der Waals surface area contributed by atoms with Gasteiger partial charge in [0.25, 0.3) is 0 Å². The summed E-state index contributed by atoms with van der Waals surface area (Å²) >= 11 is 3.31. The van der Waals surface area contributed by atoms with Crippen molar-refractivity contribution in [2.24, 2.45) is 0 Å². The van der Waals surface area contributed by atoms with Gasteiger partial charge in [0, 0.05) is 30.9 Å². The minimum Gasteiger partial charge on any atom is -0.351 e. The van der Waals surface area contributed by atoms with Crippen LogP contribution in [0, 0.1) is 13.8 Å². The molecule has 0 aromatic carbocycles. The molecule has 0 saturated heterocycles. The van der Waals surface area contributed by atoms with Crippen LogP contribution in [0.4, 0.5) is 17.8 Å². The molecule has 148 valence electrons. The number of nitrogens with one attached hydrogen (secondary N) is 1. The molecule has 0 atom stereocenters. The van der Waals surface area contributed by atoms with Gasteiger partial charge in [-0.15, -0.1) is 22.7 Å². The molecule has 1 fully saturated rings. The van der Waals surface area contributed by atoms with E-state index in [1.54, 1.807) is 22.7 Å². The number of hydrogen-bond donors (Lipinski definition) is 1. The lowest BCUT2D eigenvalue weighted by Gasteiger charge is -2.21. The highest BCUT2D eigenvalue weighted by atomic mass is 32.1. The monoisotopic (exact) mass is 416 g/mol. The largest absolute Gasteiger partial charge is 0.351 e. The van der Waals surface area contributed by atoms with Gasteiger partial charge >= 0.3 is 0 Å². The molecule has 0 radical (unpaired) electrons. The van der Waals surface area contributed by atoms with E-state index < -0.39 is 0 Å². The Morgan fingerprint density at radius 1 is 0.857 bits per heavy atom. The predicted octanol–water partition coefficient (Wildman–Crippen LogP) is 3.25. The van der Waals surface area contributed by atoms with Gasteiger partial charge in [-0.1, -0.05) is 0 Å². The fourth-order valence-corrected chi connectivity index (χ4v) is 3.97. The third-order valence-corrected chi connectivity index (χ3v) is 5.98. The third kappa shape index (κ3) is 4.74. The molecule has 0 amide bonds. The van der Waals surface area contributed by atoms with Gasteiger partial charge in [-0.25, -0.2) is 9.97 Å². The van der Waals surface area contributed by atoms with Crippen molar-refractivity contribution < 1.29 is 0 Å². The maximum absolute atomic E-state index is 4.71. The Kier molecular flexibility index (Phi) is 5.40. The van der Waals surface area contributed by atoms with Crippen molar-refractivity contribution >= 4 is 40.5 Å². The Morgan fingerprint density at radius 2 is 1.36 bits per heavy atom. The molecule has 1 N–H and O–H groups in total. The van der Waals surface area contributed by atoms with Gasteiger partial charge in [-0.3, -0.25) is 0 Å². The molecule has 3 aromatic rings. The van der Waals surface area contributed by atoms with Crippen molar-refractivity contribution in [1.82, 2.24) is 24.9 Å². The highest BCUT2D eigenvalue weighted by molar-refractivity contribution is 7.09. The zero-order chi connectivity index (χ0) is 19.7. The van der Waals surface area contributed by atoms with Crippen LogP contribution in [0.1, 0.15) is 34.2 Å². The minimum absolute atomic E-state index is 0.473. The van der Waals surface area contributed by atoms with Gasteiger partial charge in [-0.2, -0.15) is 15.0 Å². The van der Waals surface area contributed by atoms with Gasteiger partial charge in [0.1, 0.15) is 0 Å². The molecular weight excluding hydrogens is 392 g/mol. The lowest BCUT2D eigenvalue weighted by molar-refractivity contribution is 0.798. The van der Waals surface area contributed by atoms with E-state index in [0.717, 1.165) is 34.2 Å². The summed E-state index contributed by atoms with van der Waals surface area (Å²) in [6.07, 6.45) is 2.33. The molecule has 3 heterocycles. The lowest BCUT2D eigenvalue weighted by Crippen LogP contribution is -2.25. The zero-order valence-corrected chi connectivity index (χ0v) is 18.1. The van der Waals surface area contributed by atoms with Crippen molar-refractivity contribution in [3.63, 3.8) is 0 Å². The lowest BCUT2D eigenvalue weighted by atomic mass is 10.4. The molecule has 0 unspecified atom stereocenters. The van der Waals surface area contributed by atoms with E-state index >= 15 is 0 Å². The van der Waals surface area contributed by atoms with Gasteiger partial charge in [0.05, 0.1) is 34.5 Å². The number of thiazole rings is 2. The molecule has 0 spiro atoms. The molecule has 3 aromatic heterocycles. The molecule has 0 aliphatic heterocycles. The second-order valence-corrected chi connectivity index (χ2v) is 9.23. The van der Waals surface area contributed by atoms with Crippen LogP contribution in [-0.2, 0) is 13.1 Å². The highest BCUT2D eigenvalue weighted by Crippen LogP contribution is 2.25. The molecule has 1 saturated carbocycles. The third-order valence-electron chi connectivity index (χ3n) is 4.34. The average molecular weight is 417 g/mol. The molecule has 4 rings (SSSR count). The molecule has 10 heteroatoms. The Morgan fingerprint density at radius 3 is 1.75 bits per heavy atom. The summed E-state index contributed by atoms with van der Waals surface area (Å²) in [6, 6.07) is 0.473. The average Bonchev–Trinajstić information content (AvgIpc) is 3.23. The number of anilines is 3. The van der Waals surface area contributed by atoms with Crippen molar-refractivity contribution in [2.75, 3.05) is 29.2 Å². The predicted molar refractivity (Wildman–Crippen MR) is 114 cm³/mol. The molecule has 28 heavy (non-hydrogen) atoms. The Hall–Kier alpha value is -2.33. The number of aryl methyl sites for hydroxylation is 2. The van der Waals surface area contributed by atoms with Crippen LogP contribution >= 0.6 is 22.7 Å². The molecular formula is C18H24N8S2. The van der Waals surface area contributed by atoms with E-state index in [0.29, 0.717) is 37.0 Å². The number of nitrogens with zero attached hydrogens (tertiary/aromatic N) is 7. The van der Waals surface area contributed by atoms with Gasteiger partial charge in [0.2, 0.25) is 17.8 Å². The Balaban J connectivity index is 1.56. The summed E-state index contributed by atoms with van der Waals surface area (Å²) in [7, 11) is 3.97. The van der Waals surface area contributed by atoms with Crippen LogP contribution < -0.4 is 15.1 Å². The standard InChI is InChI=1S/C18H24N8S2/c1-11-19-14(9-27-11)7-25(3)17-22-16(21-13-5-6-13)23-18(24-17)26(4)8-15-10-28-12(2)20-15/h9-10,13H,5-8H2,1-4H3,(H,21,22,23,24). The first kappa shape index (κ1) is 19.0. The SMILES string of the molecule is Cc1nc(CN(C)c2nc(NC3CC3)nc(N(C)Cc3csc(C)n3)n2)cs1. The van der Waals surface area contributed by atoms with E-state index in [9.17, 15) is 0 Å². The first-order chi connectivity index (χ1) is 13.5. The summed E-state index contributed by atoms with van der Waals surface area (Å²) < 4.78 is 0. The van der Waals surface area contributed by atoms with Crippen LogP contribution in [0.25, 0.3) is 0 Å². The quantitative estimate of drug-likeness (QED) is 0.599. The number of aromatic nitrogens is 5. The Bertz CT molecular complexity index is 882. The van der Waals surface area contributed by atoms with Crippen molar-refractivity contribution in [3.05, 3.63) is 32.2 Å². The van der Waals surface area contributed by atoms with E-state index in [2.05, 4.69) is 36.0 Å². The first-order valence-corrected chi connectivity index (χ1v) is 11.0. The summed E-state index contributed by atoms with van der Waals surface area (Å²) in [6.45, 7) is 5.35. The maximum atomic E-state index is 4.71. The topological polar surface area (TPSA) is 83.0 Å². The summed E-state index contributed by atoms with van der Waals surface area (Å²) in [4.78, 5) is 27.1. The molecule has 8 nitrogen and oxygen atoms in total. The molecule has 0 bridgehead atoms. The van der Waals surface area contributed by atoms with Crippen molar-refractivity contribution in [2.45, 2.75) is 45.8 Å². The van der Waals surface area contributed by atoms with E-state index in [1.165, 1.54) is 0 Å². The van der Waals surface area contributed by atoms with Gasteiger partial charge in [0.15, 0.2) is 0 Å². The zero-order valence-electron chi connectivity index (χ0n) is 16.5. The number of rotatable bonds is 8. The van der Waals surface area contributed by atoms with Gasteiger partial charge in [-0.05, 0) is 26.7 Å². The van der Waals surface area contributed by atoms with Gasteiger partial charge < -0.3 is 15.1 Å². The Labute approximate surface area is 172 Å². The van der Waals surface area contributed by atoms with E-state index in [4.69, 9.17) is 4.98 Å². The molecule has 1 aliphatic carbocycles. The highest BCUT2D eigenvalue weighted by Gasteiger charge is 2.23. The fraction of sp³-hybridized carbons (Fsp3) is 0.500. The van der Waals surface area contributed by atoms with E-state index in [1.807, 2.05) is 37.7 Å². The van der Waals surface area contributed by atoms with Crippen LogP contribution in [0.5, 0.6) is 0 Å². The van der Waals surface area contributed by atoms with Crippen LogP contribution in [-0.4, -0.2) is 45.1 Å². The maximum Gasteiger partial charge on any atom is 0.232 e. The number of hydrogen-bond acceptors (Lipinski definition) is 10. The van der Waals surface area contributed by atoms with Crippen molar-refractivity contribution in [3.8, 4) is 0 Å². The van der Waals surface area contributed by atoms with E-state index in [-0.39, 0.29) is 0 Å². The van der Waals surface area contributed by atoms with Crippen molar-refractivity contribution in [1.29, 1.82) is 0 Å². The van der Waals surface area contributed by atoms with Crippen LogP contribution in [0.2, 0.25) is 0 Å².